The molecule has 1 aliphatic rings. The fourth-order valence-corrected chi connectivity index (χ4v) is 2.12. The molecule has 1 amide bonds. The second-order valence-electron chi connectivity index (χ2n) is 5.31. The van der Waals surface area contributed by atoms with Crippen LogP contribution in [-0.2, 0) is 9.59 Å². The monoisotopic (exact) mass is 271 g/mol. The summed E-state index contributed by atoms with van der Waals surface area (Å²) in [5.41, 5.74) is 0. The third kappa shape index (κ3) is 6.54. The number of likely N-dealkylation sites (N-methyl/N-ethyl adjacent to an activating group) is 1. The lowest BCUT2D eigenvalue weighted by Crippen LogP contribution is -2.42. The van der Waals surface area contributed by atoms with Crippen molar-refractivity contribution in [2.45, 2.75) is 19.3 Å². The molecule has 1 N–H and O–H groups in total. The van der Waals surface area contributed by atoms with Crippen molar-refractivity contribution in [2.75, 3.05) is 53.4 Å². The number of aliphatic carboxylic acids is 1. The van der Waals surface area contributed by atoms with Gasteiger partial charge in [0.25, 0.3) is 0 Å². The van der Waals surface area contributed by atoms with Gasteiger partial charge in [-0.1, -0.05) is 0 Å². The minimum atomic E-state index is -0.816. The minimum absolute atomic E-state index is 0.0840. The van der Waals surface area contributed by atoms with Gasteiger partial charge in [-0.3, -0.25) is 14.5 Å². The molecule has 19 heavy (non-hydrogen) atoms. The second-order valence-corrected chi connectivity index (χ2v) is 5.31. The molecule has 0 saturated carbocycles. The zero-order valence-electron chi connectivity index (χ0n) is 12.0. The molecule has 0 atom stereocenters. The Kier molecular flexibility index (Phi) is 6.80. The number of likely N-dealkylation sites (tertiary alicyclic amines) is 1. The van der Waals surface area contributed by atoms with Crippen LogP contribution in [-0.4, -0.2) is 85.0 Å². The van der Waals surface area contributed by atoms with Crippen LogP contribution in [0, 0.1) is 0 Å². The molecule has 0 spiro atoms. The first-order valence-electron chi connectivity index (χ1n) is 6.85. The zero-order valence-corrected chi connectivity index (χ0v) is 12.0. The number of carbonyl (C=O) groups is 2. The number of carbonyl (C=O) groups excluding carboxylic acids is 1. The van der Waals surface area contributed by atoms with E-state index in [4.69, 9.17) is 5.11 Å². The third-order valence-electron chi connectivity index (χ3n) is 3.32. The molecule has 0 unspecified atom stereocenters. The van der Waals surface area contributed by atoms with E-state index in [0.29, 0.717) is 13.1 Å². The molecule has 110 valence electrons. The first-order chi connectivity index (χ1) is 8.99. The predicted molar refractivity (Wildman–Crippen MR) is 73.1 cm³/mol. The molecule has 1 fully saturated rings. The van der Waals surface area contributed by atoms with Crippen molar-refractivity contribution >= 4 is 11.9 Å². The molecule has 0 aromatic carbocycles. The van der Waals surface area contributed by atoms with Gasteiger partial charge >= 0.3 is 5.97 Å². The van der Waals surface area contributed by atoms with Gasteiger partial charge in [0.05, 0.1) is 13.0 Å². The molecule has 1 aliphatic heterocycles. The maximum Gasteiger partial charge on any atom is 0.304 e. The average molecular weight is 271 g/mol. The molecule has 0 aliphatic carbocycles. The smallest absolute Gasteiger partial charge is 0.304 e. The van der Waals surface area contributed by atoms with Crippen LogP contribution in [0.25, 0.3) is 0 Å². The lowest BCUT2D eigenvalue weighted by Gasteiger charge is -2.25. The van der Waals surface area contributed by atoms with E-state index < -0.39 is 5.97 Å². The molecule has 0 bridgehead atoms. The predicted octanol–water partition coefficient (Wildman–Crippen LogP) is -0.0529. The van der Waals surface area contributed by atoms with Crippen LogP contribution < -0.4 is 0 Å². The highest BCUT2D eigenvalue weighted by molar-refractivity contribution is 5.78. The van der Waals surface area contributed by atoms with Gasteiger partial charge in [-0.2, -0.15) is 0 Å². The SMILES string of the molecule is CN(C)CCN(CCC(=O)O)CC(=O)N1CCCC1. The Morgan fingerprint density at radius 1 is 1.11 bits per heavy atom. The van der Waals surface area contributed by atoms with Crippen molar-refractivity contribution in [2.24, 2.45) is 0 Å². The number of hydrogen-bond acceptors (Lipinski definition) is 4. The van der Waals surface area contributed by atoms with Gasteiger partial charge in [0, 0.05) is 32.7 Å². The summed E-state index contributed by atoms with van der Waals surface area (Å²) in [5, 5.41) is 8.75. The van der Waals surface area contributed by atoms with Gasteiger partial charge in [-0.05, 0) is 26.9 Å². The molecular formula is C13H25N3O3. The van der Waals surface area contributed by atoms with Crippen molar-refractivity contribution < 1.29 is 14.7 Å². The summed E-state index contributed by atoms with van der Waals surface area (Å²) in [7, 11) is 3.94. The number of nitrogens with zero attached hydrogens (tertiary/aromatic N) is 3. The highest BCUT2D eigenvalue weighted by Gasteiger charge is 2.20. The minimum Gasteiger partial charge on any atom is -0.481 e. The van der Waals surface area contributed by atoms with Crippen LogP contribution in [0.15, 0.2) is 0 Å². The van der Waals surface area contributed by atoms with Crippen LogP contribution in [0.3, 0.4) is 0 Å². The Hall–Kier alpha value is -1.14. The molecule has 6 heteroatoms. The van der Waals surface area contributed by atoms with Gasteiger partial charge in [0.15, 0.2) is 0 Å². The first kappa shape index (κ1) is 15.9. The van der Waals surface area contributed by atoms with E-state index in [0.717, 1.165) is 39.0 Å². The molecule has 0 radical (unpaired) electrons. The molecule has 1 rings (SSSR count). The lowest BCUT2D eigenvalue weighted by molar-refractivity contribution is -0.138. The van der Waals surface area contributed by atoms with Crippen molar-refractivity contribution in [3.63, 3.8) is 0 Å². The van der Waals surface area contributed by atoms with Crippen molar-refractivity contribution in [3.8, 4) is 0 Å². The van der Waals surface area contributed by atoms with Crippen LogP contribution in [0.5, 0.6) is 0 Å². The Morgan fingerprint density at radius 3 is 2.26 bits per heavy atom. The fourth-order valence-electron chi connectivity index (χ4n) is 2.12. The normalized spacial score (nSPS) is 15.5. The van der Waals surface area contributed by atoms with Crippen LogP contribution in [0.2, 0.25) is 0 Å². The number of carboxylic acid groups (broad SMARTS) is 1. The lowest BCUT2D eigenvalue weighted by atomic mass is 10.3. The molecule has 0 aromatic rings. The Balaban J connectivity index is 2.41. The van der Waals surface area contributed by atoms with Crippen LogP contribution in [0.4, 0.5) is 0 Å². The highest BCUT2D eigenvalue weighted by Crippen LogP contribution is 2.08. The Morgan fingerprint density at radius 2 is 1.74 bits per heavy atom. The average Bonchev–Trinajstić information content (AvgIpc) is 2.85. The summed E-state index contributed by atoms with van der Waals surface area (Å²) in [6.07, 6.45) is 2.25. The van der Waals surface area contributed by atoms with Gasteiger partial charge in [-0.25, -0.2) is 0 Å². The van der Waals surface area contributed by atoms with Gasteiger partial charge in [0.1, 0.15) is 0 Å². The van der Waals surface area contributed by atoms with E-state index in [1.54, 1.807) is 0 Å². The topological polar surface area (TPSA) is 64.1 Å². The summed E-state index contributed by atoms with van der Waals surface area (Å²) < 4.78 is 0. The van der Waals surface area contributed by atoms with E-state index in [1.807, 2.05) is 28.8 Å². The van der Waals surface area contributed by atoms with E-state index in [-0.39, 0.29) is 12.3 Å². The van der Waals surface area contributed by atoms with E-state index >= 15 is 0 Å². The van der Waals surface area contributed by atoms with Crippen molar-refractivity contribution in [1.29, 1.82) is 0 Å². The number of hydrogen-bond donors (Lipinski definition) is 1. The maximum atomic E-state index is 12.1. The standard InChI is InChI=1S/C13H25N3O3/c1-14(2)9-10-15(8-5-13(18)19)11-12(17)16-6-3-4-7-16/h3-11H2,1-2H3,(H,18,19). The highest BCUT2D eigenvalue weighted by atomic mass is 16.4. The summed E-state index contributed by atoms with van der Waals surface area (Å²) in [5.74, 6) is -0.690. The van der Waals surface area contributed by atoms with Gasteiger partial charge in [0.2, 0.25) is 5.91 Å². The molecule has 1 saturated heterocycles. The Labute approximate surface area is 115 Å². The summed E-state index contributed by atoms with van der Waals surface area (Å²) in [6.45, 7) is 4.01. The molecule has 6 nitrogen and oxygen atoms in total. The quantitative estimate of drug-likeness (QED) is 0.670. The van der Waals surface area contributed by atoms with E-state index in [1.165, 1.54) is 0 Å². The zero-order chi connectivity index (χ0) is 14.3. The third-order valence-corrected chi connectivity index (χ3v) is 3.32. The molecular weight excluding hydrogens is 246 g/mol. The molecule has 0 aromatic heterocycles. The maximum absolute atomic E-state index is 12.1. The molecule has 1 heterocycles. The number of carboxylic acids is 1. The number of amides is 1. The van der Waals surface area contributed by atoms with Crippen LogP contribution in [0.1, 0.15) is 19.3 Å². The second kappa shape index (κ2) is 8.12. The van der Waals surface area contributed by atoms with Crippen molar-refractivity contribution in [3.05, 3.63) is 0 Å². The van der Waals surface area contributed by atoms with E-state index in [2.05, 4.69) is 0 Å². The van der Waals surface area contributed by atoms with Gasteiger partial charge in [-0.15, -0.1) is 0 Å². The summed E-state index contributed by atoms with van der Waals surface area (Å²) in [6, 6.07) is 0. The van der Waals surface area contributed by atoms with E-state index in [9.17, 15) is 9.59 Å². The number of rotatable bonds is 8. The van der Waals surface area contributed by atoms with Gasteiger partial charge < -0.3 is 14.9 Å². The summed E-state index contributed by atoms with van der Waals surface area (Å²) in [4.78, 5) is 28.6. The summed E-state index contributed by atoms with van der Waals surface area (Å²) >= 11 is 0. The largest absolute Gasteiger partial charge is 0.481 e. The Bertz CT molecular complexity index is 302. The first-order valence-corrected chi connectivity index (χ1v) is 6.85. The fraction of sp³-hybridized carbons (Fsp3) is 0.846. The van der Waals surface area contributed by atoms with Crippen molar-refractivity contribution in [1.82, 2.24) is 14.7 Å². The van der Waals surface area contributed by atoms with Crippen LogP contribution >= 0.6 is 0 Å².